The van der Waals surface area contributed by atoms with Crippen LogP contribution in [-0.2, 0) is 9.53 Å². The lowest BCUT2D eigenvalue weighted by molar-refractivity contribution is -0.489. The van der Waals surface area contributed by atoms with E-state index >= 15 is 0 Å². The Morgan fingerprint density at radius 1 is 1.43 bits per heavy atom. The first kappa shape index (κ1) is 16.7. The third-order valence-electron chi connectivity index (χ3n) is 2.46. The molecule has 4 N–H and O–H groups in total. The Balaban J connectivity index is 0.000000210. The predicted molar refractivity (Wildman–Crippen MR) is 80.1 cm³/mol. The summed E-state index contributed by atoms with van der Waals surface area (Å²) >= 11 is 1.25. The fourth-order valence-electron chi connectivity index (χ4n) is 1.35. The topological polar surface area (TPSA) is 117 Å². The first-order valence-corrected chi connectivity index (χ1v) is 6.99. The van der Waals surface area contributed by atoms with Gasteiger partial charge in [-0.1, -0.05) is 18.2 Å². The van der Waals surface area contributed by atoms with Gasteiger partial charge in [0.15, 0.2) is 6.54 Å². The Morgan fingerprint density at radius 2 is 2.10 bits per heavy atom. The number of carbonyl (C=O) groups excluding carboxylic acids is 1. The minimum Gasteiger partial charge on any atom is -0.857 e. The van der Waals surface area contributed by atoms with Crippen molar-refractivity contribution in [3.8, 4) is 5.88 Å². The number of fused-ring (bicyclic) bond motifs is 1. The van der Waals surface area contributed by atoms with Gasteiger partial charge in [-0.25, -0.2) is 9.17 Å². The zero-order valence-electron chi connectivity index (χ0n) is 11.9. The van der Waals surface area contributed by atoms with Gasteiger partial charge in [-0.3, -0.25) is 16.0 Å². The van der Waals surface area contributed by atoms with E-state index in [4.69, 9.17) is 11.5 Å². The molecular weight excluding hydrogens is 292 g/mol. The van der Waals surface area contributed by atoms with Gasteiger partial charge in [0.05, 0.1) is 18.4 Å². The first-order valence-electron chi connectivity index (χ1n) is 6.21. The molecule has 0 radical (unpaired) electrons. The zero-order valence-corrected chi connectivity index (χ0v) is 12.7. The molecule has 0 saturated carbocycles. The highest BCUT2D eigenvalue weighted by Crippen LogP contribution is 2.24. The highest BCUT2D eigenvalue weighted by atomic mass is 32.1. The van der Waals surface area contributed by atoms with Crippen LogP contribution in [0, 0.1) is 0 Å². The minimum atomic E-state index is -0.330. The number of nitrogens with two attached hydrogens (primary N) is 2. The number of nitrogens with zero attached hydrogens (tertiary/aromatic N) is 2. The van der Waals surface area contributed by atoms with E-state index in [1.807, 2.05) is 18.2 Å². The Bertz CT molecular complexity index is 635. The lowest BCUT2D eigenvalue weighted by Gasteiger charge is -2.01. The summed E-state index contributed by atoms with van der Waals surface area (Å²) in [5, 5.41) is 11.6. The summed E-state index contributed by atoms with van der Waals surface area (Å²) < 4.78 is 10.7. The molecule has 1 aromatic carbocycles. The molecule has 0 fully saturated rings. The van der Waals surface area contributed by atoms with Crippen molar-refractivity contribution in [2.45, 2.75) is 6.92 Å². The average molecular weight is 310 g/mol. The molecule has 0 saturated heterocycles. The molecule has 2 aromatic rings. The van der Waals surface area contributed by atoms with E-state index in [0.717, 1.165) is 10.1 Å². The first-order chi connectivity index (χ1) is 9.95. The highest BCUT2D eigenvalue weighted by molar-refractivity contribution is 7.13. The van der Waals surface area contributed by atoms with Crippen LogP contribution in [0.15, 0.2) is 24.3 Å². The van der Waals surface area contributed by atoms with Crippen molar-refractivity contribution in [3.05, 3.63) is 24.3 Å². The van der Waals surface area contributed by atoms with E-state index < -0.39 is 0 Å². The molecule has 1 heterocycles. The third kappa shape index (κ3) is 5.27. The number of esters is 1. The summed E-state index contributed by atoms with van der Waals surface area (Å²) in [6, 6.07) is 7.44. The number of carbonyl (C=O) groups is 1. The SMILES string of the molecule is CCOC(=O)C[N+](C)=C(N)N.[O-]c1nsc2ccccc12. The molecule has 0 amide bonds. The molecule has 114 valence electrons. The highest BCUT2D eigenvalue weighted by Gasteiger charge is 2.05. The lowest BCUT2D eigenvalue weighted by atomic mass is 10.3. The van der Waals surface area contributed by atoms with Crippen LogP contribution in [0.1, 0.15) is 6.92 Å². The molecule has 0 aliphatic heterocycles. The number of ether oxygens (including phenoxy) is 1. The van der Waals surface area contributed by atoms with Crippen molar-refractivity contribution in [1.82, 2.24) is 4.37 Å². The monoisotopic (exact) mass is 310 g/mol. The molecule has 21 heavy (non-hydrogen) atoms. The molecule has 1 aromatic heterocycles. The maximum absolute atomic E-state index is 10.9. The van der Waals surface area contributed by atoms with Gasteiger partial charge in [-0.05, 0) is 24.5 Å². The normalized spacial score (nSPS) is 9.62. The largest absolute Gasteiger partial charge is 0.857 e. The van der Waals surface area contributed by atoms with Crippen molar-refractivity contribution in [2.75, 3.05) is 20.2 Å². The lowest BCUT2D eigenvalue weighted by Crippen LogP contribution is -2.36. The van der Waals surface area contributed by atoms with Gasteiger partial charge in [0.2, 0.25) is 0 Å². The van der Waals surface area contributed by atoms with E-state index in [2.05, 4.69) is 9.11 Å². The van der Waals surface area contributed by atoms with Gasteiger partial charge < -0.3 is 9.84 Å². The van der Waals surface area contributed by atoms with Gasteiger partial charge in [0.1, 0.15) is 0 Å². The second kappa shape index (κ2) is 8.05. The molecule has 0 unspecified atom stereocenters. The second-order valence-corrected chi connectivity index (χ2v) is 4.87. The Hall–Kier alpha value is -2.35. The molecule has 0 spiro atoms. The third-order valence-corrected chi connectivity index (χ3v) is 3.27. The van der Waals surface area contributed by atoms with Gasteiger partial charge >= 0.3 is 11.9 Å². The zero-order chi connectivity index (χ0) is 15.8. The van der Waals surface area contributed by atoms with Crippen LogP contribution in [0.4, 0.5) is 0 Å². The van der Waals surface area contributed by atoms with Crippen LogP contribution < -0.4 is 16.6 Å². The molecule has 0 atom stereocenters. The Labute approximate surface area is 126 Å². The quantitative estimate of drug-likeness (QED) is 0.352. The summed E-state index contributed by atoms with van der Waals surface area (Å²) in [5.41, 5.74) is 10.4. The fraction of sp³-hybridized carbons (Fsp3) is 0.308. The van der Waals surface area contributed by atoms with Crippen LogP contribution in [0.3, 0.4) is 0 Å². The van der Waals surface area contributed by atoms with Crippen molar-refractivity contribution >= 4 is 33.5 Å². The van der Waals surface area contributed by atoms with Crippen molar-refractivity contribution in [2.24, 2.45) is 11.5 Å². The maximum Gasteiger partial charge on any atom is 0.341 e. The summed E-state index contributed by atoms with van der Waals surface area (Å²) in [4.78, 5) is 10.8. The number of hydrogen-bond donors (Lipinski definition) is 2. The van der Waals surface area contributed by atoms with Gasteiger partial charge in [0, 0.05) is 11.3 Å². The van der Waals surface area contributed by atoms with Crippen molar-refractivity contribution in [3.63, 3.8) is 0 Å². The summed E-state index contributed by atoms with van der Waals surface area (Å²) in [7, 11) is 1.62. The molecule has 0 aliphatic carbocycles. The van der Waals surface area contributed by atoms with Crippen molar-refractivity contribution in [1.29, 1.82) is 0 Å². The standard InChI is InChI=1S/C7H5NOS.C6H13N3O2/c9-7-5-3-1-2-4-6(5)10-8-7;1-3-11-5(10)4-9(2)6(7)8/h1-4H,(H,8,9);3-4H2,1-2H3,(H3,7,8). The van der Waals surface area contributed by atoms with Crippen LogP contribution in [0.25, 0.3) is 10.1 Å². The number of guanidine groups is 1. The summed E-state index contributed by atoms with van der Waals surface area (Å²) in [6.07, 6.45) is 0. The molecule has 0 bridgehead atoms. The van der Waals surface area contributed by atoms with Gasteiger partial charge in [-0.15, -0.1) is 0 Å². The Morgan fingerprint density at radius 3 is 2.67 bits per heavy atom. The van der Waals surface area contributed by atoms with Crippen LogP contribution in [0.2, 0.25) is 0 Å². The number of likely N-dealkylation sites (N-methyl/N-ethyl adjacent to an activating group) is 1. The van der Waals surface area contributed by atoms with Crippen LogP contribution >= 0.6 is 11.5 Å². The van der Waals surface area contributed by atoms with E-state index in [0.29, 0.717) is 6.61 Å². The van der Waals surface area contributed by atoms with E-state index in [1.165, 1.54) is 16.1 Å². The minimum absolute atomic E-state index is 0.0934. The van der Waals surface area contributed by atoms with Crippen molar-refractivity contribution < 1.29 is 19.2 Å². The second-order valence-electron chi connectivity index (χ2n) is 4.07. The van der Waals surface area contributed by atoms with Crippen LogP contribution in [-0.4, -0.2) is 41.1 Å². The molecule has 7 nitrogen and oxygen atoms in total. The smallest absolute Gasteiger partial charge is 0.341 e. The number of benzene rings is 1. The molecule has 8 heteroatoms. The predicted octanol–water partition coefficient (Wildman–Crippen LogP) is -0.165. The maximum atomic E-state index is 10.9. The molecule has 0 aliphatic rings. The molecule has 2 rings (SSSR count). The fourth-order valence-corrected chi connectivity index (χ4v) is 2.03. The van der Waals surface area contributed by atoms with Gasteiger partial charge in [-0.2, -0.15) is 0 Å². The average Bonchev–Trinajstić information content (AvgIpc) is 2.82. The van der Waals surface area contributed by atoms with Crippen LogP contribution in [0.5, 0.6) is 5.88 Å². The van der Waals surface area contributed by atoms with E-state index in [9.17, 15) is 9.90 Å². The summed E-state index contributed by atoms with van der Waals surface area (Å²) in [6.45, 7) is 2.21. The van der Waals surface area contributed by atoms with Gasteiger partial charge in [0.25, 0.3) is 0 Å². The number of aromatic nitrogens is 1. The molecular formula is C13H18N4O3S. The Kier molecular flexibility index (Phi) is 6.41. The summed E-state index contributed by atoms with van der Waals surface area (Å²) in [5.74, 6) is -0.331. The number of hydrogen-bond acceptors (Lipinski definition) is 5. The van der Waals surface area contributed by atoms with E-state index in [1.54, 1.807) is 20.0 Å². The number of rotatable bonds is 3. The van der Waals surface area contributed by atoms with E-state index in [-0.39, 0.29) is 24.4 Å².